The van der Waals surface area contributed by atoms with E-state index in [2.05, 4.69) is 29.6 Å². The molecule has 2 heteroatoms. The molecule has 0 bridgehead atoms. The number of hydrogen-bond donors (Lipinski definition) is 1. The molecular weight excluding hydrogens is 210 g/mol. The normalized spacial score (nSPS) is 15.8. The molecule has 0 aliphatic heterocycles. The van der Waals surface area contributed by atoms with Crippen molar-refractivity contribution < 1.29 is 4.79 Å². The first-order chi connectivity index (χ1) is 8.20. The van der Waals surface area contributed by atoms with Gasteiger partial charge in [0.1, 0.15) is 0 Å². The number of aryl methyl sites for hydroxylation is 1. The first-order valence-electron chi connectivity index (χ1n) is 6.30. The lowest BCUT2D eigenvalue weighted by Crippen LogP contribution is -2.29. The van der Waals surface area contributed by atoms with Gasteiger partial charge in [0.05, 0.1) is 0 Å². The van der Waals surface area contributed by atoms with Gasteiger partial charge in [0.25, 0.3) is 0 Å². The number of hydrogen-bond acceptors (Lipinski definition) is 1. The largest absolute Gasteiger partial charge is 0.330 e. The van der Waals surface area contributed by atoms with Crippen molar-refractivity contribution in [2.75, 3.05) is 0 Å². The molecule has 0 spiro atoms. The Morgan fingerprint density at radius 1 is 1.35 bits per heavy atom. The van der Waals surface area contributed by atoms with E-state index in [-0.39, 0.29) is 11.8 Å². The minimum Gasteiger partial charge on any atom is -0.330 e. The zero-order valence-electron chi connectivity index (χ0n) is 10.5. The minimum absolute atomic E-state index is 0.0908. The van der Waals surface area contributed by atoms with Crippen molar-refractivity contribution in [3.63, 3.8) is 0 Å². The highest BCUT2D eigenvalue weighted by molar-refractivity contribution is 5.81. The van der Waals surface area contributed by atoms with E-state index in [1.165, 1.54) is 11.1 Å². The highest BCUT2D eigenvalue weighted by Crippen LogP contribution is 2.22. The van der Waals surface area contributed by atoms with Gasteiger partial charge in [0.2, 0.25) is 5.91 Å². The number of nitrogens with one attached hydrogen (secondary N) is 1. The van der Waals surface area contributed by atoms with Gasteiger partial charge in [0.15, 0.2) is 0 Å². The van der Waals surface area contributed by atoms with Crippen molar-refractivity contribution in [2.24, 2.45) is 5.92 Å². The van der Waals surface area contributed by atoms with Crippen LogP contribution in [0.4, 0.5) is 0 Å². The molecule has 0 aromatic heterocycles. The van der Waals surface area contributed by atoms with E-state index in [4.69, 9.17) is 0 Å². The predicted molar refractivity (Wildman–Crippen MR) is 70.3 cm³/mol. The molecule has 1 atom stereocenters. The van der Waals surface area contributed by atoms with Crippen LogP contribution >= 0.6 is 0 Å². The van der Waals surface area contributed by atoms with Crippen LogP contribution in [-0.2, 0) is 11.2 Å². The van der Waals surface area contributed by atoms with Crippen LogP contribution in [0.25, 0.3) is 6.08 Å². The second-order valence-electron chi connectivity index (χ2n) is 4.67. The number of benzene rings is 1. The Bertz CT molecular complexity index is 448. The van der Waals surface area contributed by atoms with E-state index in [1.54, 1.807) is 0 Å². The summed E-state index contributed by atoms with van der Waals surface area (Å²) in [6.07, 6.45) is 4.93. The molecule has 1 N–H and O–H groups in total. The van der Waals surface area contributed by atoms with Crippen LogP contribution in [0.2, 0.25) is 0 Å². The molecule has 1 aliphatic rings. The third-order valence-corrected chi connectivity index (χ3v) is 3.39. The molecule has 1 unspecified atom stereocenters. The summed E-state index contributed by atoms with van der Waals surface area (Å²) in [4.78, 5) is 11.8. The molecule has 1 amide bonds. The van der Waals surface area contributed by atoms with E-state index >= 15 is 0 Å². The molecule has 1 aliphatic carbocycles. The number of carbonyl (C=O) groups is 1. The lowest BCUT2D eigenvalue weighted by molar-refractivity contribution is -0.123. The maximum atomic E-state index is 11.8. The van der Waals surface area contributed by atoms with Crippen molar-refractivity contribution in [2.45, 2.75) is 33.1 Å². The Balaban J connectivity index is 2.10. The monoisotopic (exact) mass is 229 g/mol. The number of fused-ring (bicyclic) bond motifs is 1. The molecule has 2 nitrogen and oxygen atoms in total. The van der Waals surface area contributed by atoms with Crippen molar-refractivity contribution in [1.29, 1.82) is 0 Å². The van der Waals surface area contributed by atoms with E-state index in [1.807, 2.05) is 19.9 Å². The standard InChI is InChI=1S/C15H19NO/c1-3-11(2)15(17)16-14-9-8-12-6-4-5-7-13(12)10-14/h4-7,10-11H,3,8-9H2,1-2H3,(H,16,17). The summed E-state index contributed by atoms with van der Waals surface area (Å²) < 4.78 is 0. The molecule has 90 valence electrons. The molecule has 0 fully saturated rings. The van der Waals surface area contributed by atoms with Gasteiger partial charge in [-0.1, -0.05) is 38.1 Å². The Morgan fingerprint density at radius 3 is 2.88 bits per heavy atom. The molecule has 0 radical (unpaired) electrons. The van der Waals surface area contributed by atoms with Crippen LogP contribution in [0.3, 0.4) is 0 Å². The fourth-order valence-corrected chi connectivity index (χ4v) is 2.00. The number of allylic oxidation sites excluding steroid dienone is 1. The number of rotatable bonds is 3. The third-order valence-electron chi connectivity index (χ3n) is 3.39. The molecule has 0 saturated carbocycles. The van der Waals surface area contributed by atoms with Gasteiger partial charge in [-0.3, -0.25) is 4.79 Å². The smallest absolute Gasteiger partial charge is 0.226 e. The lowest BCUT2D eigenvalue weighted by Gasteiger charge is -2.18. The van der Waals surface area contributed by atoms with Crippen molar-refractivity contribution in [1.82, 2.24) is 5.32 Å². The quantitative estimate of drug-likeness (QED) is 0.847. The summed E-state index contributed by atoms with van der Waals surface area (Å²) >= 11 is 0. The maximum Gasteiger partial charge on any atom is 0.226 e. The zero-order valence-corrected chi connectivity index (χ0v) is 10.5. The fraction of sp³-hybridized carbons (Fsp3) is 0.400. The molecule has 1 aromatic rings. The highest BCUT2D eigenvalue weighted by Gasteiger charge is 2.15. The van der Waals surface area contributed by atoms with Gasteiger partial charge in [-0.05, 0) is 36.5 Å². The van der Waals surface area contributed by atoms with Crippen LogP contribution in [0.5, 0.6) is 0 Å². The average molecular weight is 229 g/mol. The van der Waals surface area contributed by atoms with Crippen molar-refractivity contribution in [3.05, 3.63) is 41.1 Å². The summed E-state index contributed by atoms with van der Waals surface area (Å²) in [5.74, 6) is 0.228. The molecule has 0 saturated heterocycles. The zero-order chi connectivity index (χ0) is 12.3. The molecule has 17 heavy (non-hydrogen) atoms. The SMILES string of the molecule is CCC(C)C(=O)NC1=Cc2ccccc2CC1. The third kappa shape index (κ3) is 2.76. The number of amides is 1. The molecule has 2 rings (SSSR count). The second kappa shape index (κ2) is 5.17. The van der Waals surface area contributed by atoms with Gasteiger partial charge in [-0.2, -0.15) is 0 Å². The van der Waals surface area contributed by atoms with Gasteiger partial charge < -0.3 is 5.32 Å². The van der Waals surface area contributed by atoms with Crippen LogP contribution in [0.15, 0.2) is 30.0 Å². The topological polar surface area (TPSA) is 29.1 Å². The van der Waals surface area contributed by atoms with Crippen LogP contribution < -0.4 is 5.32 Å². The summed E-state index contributed by atoms with van der Waals surface area (Å²) in [5.41, 5.74) is 3.65. The Hall–Kier alpha value is -1.57. The van der Waals surface area contributed by atoms with E-state index in [0.717, 1.165) is 25.0 Å². The second-order valence-corrected chi connectivity index (χ2v) is 4.67. The van der Waals surface area contributed by atoms with Crippen molar-refractivity contribution in [3.8, 4) is 0 Å². The van der Waals surface area contributed by atoms with Crippen LogP contribution in [0.1, 0.15) is 37.8 Å². The molecular formula is C15H19NO. The maximum absolute atomic E-state index is 11.8. The molecule has 1 aromatic carbocycles. The van der Waals surface area contributed by atoms with Gasteiger partial charge in [0, 0.05) is 11.6 Å². The van der Waals surface area contributed by atoms with Gasteiger partial charge in [-0.25, -0.2) is 0 Å². The Morgan fingerprint density at radius 2 is 2.12 bits per heavy atom. The van der Waals surface area contributed by atoms with E-state index in [0.29, 0.717) is 0 Å². The van der Waals surface area contributed by atoms with Crippen LogP contribution in [0, 0.1) is 5.92 Å². The van der Waals surface area contributed by atoms with Crippen molar-refractivity contribution >= 4 is 12.0 Å². The minimum atomic E-state index is 0.0908. The number of carbonyl (C=O) groups excluding carboxylic acids is 1. The summed E-state index contributed by atoms with van der Waals surface area (Å²) in [6.45, 7) is 4.00. The van der Waals surface area contributed by atoms with Gasteiger partial charge >= 0.3 is 0 Å². The Kier molecular flexibility index (Phi) is 3.62. The summed E-state index contributed by atoms with van der Waals surface area (Å²) in [6, 6.07) is 8.35. The summed E-state index contributed by atoms with van der Waals surface area (Å²) in [5, 5.41) is 3.03. The summed E-state index contributed by atoms with van der Waals surface area (Å²) in [7, 11) is 0. The van der Waals surface area contributed by atoms with Gasteiger partial charge in [-0.15, -0.1) is 0 Å². The lowest BCUT2D eigenvalue weighted by atomic mass is 9.95. The van der Waals surface area contributed by atoms with Crippen LogP contribution in [-0.4, -0.2) is 5.91 Å². The Labute approximate surface area is 103 Å². The average Bonchev–Trinajstić information content (AvgIpc) is 2.37. The van der Waals surface area contributed by atoms with E-state index < -0.39 is 0 Å². The fourth-order valence-electron chi connectivity index (χ4n) is 2.00. The predicted octanol–water partition coefficient (Wildman–Crippen LogP) is 3.14. The molecule has 0 heterocycles. The highest BCUT2D eigenvalue weighted by atomic mass is 16.1. The van der Waals surface area contributed by atoms with E-state index in [9.17, 15) is 4.79 Å². The first kappa shape index (κ1) is 11.9. The first-order valence-corrected chi connectivity index (χ1v) is 6.30.